The molecule has 7 rings (SSSR count). The predicted molar refractivity (Wildman–Crippen MR) is 133 cm³/mol. The average molecular weight is 487 g/mol. The summed E-state index contributed by atoms with van der Waals surface area (Å²) in [5, 5.41) is 22.2. The van der Waals surface area contributed by atoms with E-state index in [4.69, 9.17) is 14.2 Å². The molecule has 4 fully saturated rings. The minimum absolute atomic E-state index is 0. The minimum atomic E-state index is -0.966. The molecule has 2 spiro atoms. The van der Waals surface area contributed by atoms with E-state index in [9.17, 15) is 10.4 Å². The second-order valence-corrected chi connectivity index (χ2v) is 12.3. The highest BCUT2D eigenvalue weighted by Crippen LogP contribution is 2.77. The first-order valence-corrected chi connectivity index (χ1v) is 12.3. The highest BCUT2D eigenvalue weighted by molar-refractivity contribution is 7.59. The molecule has 3 saturated carbocycles. The zero-order valence-corrected chi connectivity index (χ0v) is 22.2. The number of fused-ring (bicyclic) bond motifs is 2. The number of methoxy groups -OCH3 is 2. The predicted octanol–water partition coefficient (Wildman–Crippen LogP) is 3.90. The van der Waals surface area contributed by atoms with Crippen LogP contribution in [0.2, 0.25) is 0 Å². The molecule has 6 nitrogen and oxygen atoms in total. The summed E-state index contributed by atoms with van der Waals surface area (Å²) in [5.74, 6) is 1.54. The Hall–Kier alpha value is -1.62. The highest BCUT2D eigenvalue weighted by Gasteiger charge is 2.82. The molecule has 34 heavy (non-hydrogen) atoms. The molecule has 2 aliphatic heterocycles. The van der Waals surface area contributed by atoms with E-state index in [1.807, 2.05) is 17.9 Å². The van der Waals surface area contributed by atoms with Gasteiger partial charge in [0.15, 0.2) is 17.7 Å². The number of rotatable bonds is 3. The highest BCUT2D eigenvalue weighted by atomic mass is 32.1. The van der Waals surface area contributed by atoms with Gasteiger partial charge in [-0.2, -0.15) is 18.8 Å². The Morgan fingerprint density at radius 2 is 1.91 bits per heavy atom. The lowest BCUT2D eigenvalue weighted by Crippen LogP contribution is -2.83. The molecule has 0 amide bonds. The second-order valence-electron chi connectivity index (χ2n) is 12.3. The number of nitrogens with zero attached hydrogens (tertiary/aromatic N) is 2. The summed E-state index contributed by atoms with van der Waals surface area (Å²) < 4.78 is 19.3. The van der Waals surface area contributed by atoms with Gasteiger partial charge in [0.05, 0.1) is 12.7 Å². The smallest absolute Gasteiger partial charge is 0.179 e. The van der Waals surface area contributed by atoms with Crippen LogP contribution in [0, 0.1) is 28.2 Å². The molecule has 186 valence electrons. The van der Waals surface area contributed by atoms with Gasteiger partial charge in [0.25, 0.3) is 0 Å². The van der Waals surface area contributed by atoms with Crippen molar-refractivity contribution in [3.05, 3.63) is 23.3 Å². The molecule has 4 aliphatic carbocycles. The van der Waals surface area contributed by atoms with Gasteiger partial charge in [-0.05, 0) is 56.1 Å². The van der Waals surface area contributed by atoms with E-state index in [0.29, 0.717) is 0 Å². The van der Waals surface area contributed by atoms with Crippen LogP contribution in [0.5, 0.6) is 11.5 Å². The monoisotopic (exact) mass is 486 g/mol. The number of ether oxygens (including phenoxy) is 3. The number of likely N-dealkylation sites (tertiary alicyclic amines) is 1. The molecular formula is C27H38N2O4S. The maximum Gasteiger partial charge on any atom is 0.179 e. The quantitative estimate of drug-likeness (QED) is 0.653. The summed E-state index contributed by atoms with van der Waals surface area (Å²) in [6.07, 6.45) is 6.68. The van der Waals surface area contributed by atoms with E-state index in [-0.39, 0.29) is 47.8 Å². The van der Waals surface area contributed by atoms with Crippen LogP contribution in [0.15, 0.2) is 12.1 Å². The van der Waals surface area contributed by atoms with Crippen molar-refractivity contribution in [2.75, 3.05) is 20.8 Å². The number of nitriles is 1. The van der Waals surface area contributed by atoms with Crippen molar-refractivity contribution in [3.63, 3.8) is 0 Å². The molecule has 2 heterocycles. The minimum Gasteiger partial charge on any atom is -0.493 e. The van der Waals surface area contributed by atoms with Gasteiger partial charge in [-0.3, -0.25) is 0 Å². The Bertz CT molecular complexity index is 1080. The molecule has 1 aromatic carbocycles. The van der Waals surface area contributed by atoms with Crippen LogP contribution in [-0.4, -0.2) is 54.1 Å². The SMILES string of the molecule is COc1ccc2c3c1OC1C34CCN(C#N)C(C2)[C@]42CC[C@@]1(OC)[C@@H]([C@@](C)(O)C(C)(C)C)C2.S. The van der Waals surface area contributed by atoms with Gasteiger partial charge in [0.1, 0.15) is 11.7 Å². The third kappa shape index (κ3) is 2.32. The zero-order valence-electron chi connectivity index (χ0n) is 21.2. The molecule has 6 aliphatic rings. The Kier molecular flexibility index (Phi) is 4.95. The third-order valence-electron chi connectivity index (χ3n) is 10.9. The van der Waals surface area contributed by atoms with Gasteiger partial charge in [-0.1, -0.05) is 26.8 Å². The van der Waals surface area contributed by atoms with Crippen LogP contribution in [0.25, 0.3) is 0 Å². The molecule has 7 atom stereocenters. The van der Waals surface area contributed by atoms with Crippen molar-refractivity contribution in [2.24, 2.45) is 16.7 Å². The summed E-state index contributed by atoms with van der Waals surface area (Å²) >= 11 is 0. The second kappa shape index (κ2) is 6.99. The van der Waals surface area contributed by atoms with Gasteiger partial charge < -0.3 is 24.2 Å². The summed E-state index contributed by atoms with van der Waals surface area (Å²) in [4.78, 5) is 2.03. The Labute approximate surface area is 210 Å². The lowest BCUT2D eigenvalue weighted by atomic mass is 9.33. The number of benzene rings is 1. The van der Waals surface area contributed by atoms with Crippen LogP contribution >= 0.6 is 13.5 Å². The van der Waals surface area contributed by atoms with Crippen molar-refractivity contribution in [1.82, 2.24) is 4.90 Å². The largest absolute Gasteiger partial charge is 0.493 e. The molecule has 4 bridgehead atoms. The van der Waals surface area contributed by atoms with Crippen molar-refractivity contribution in [3.8, 4) is 17.7 Å². The maximum absolute atomic E-state index is 12.1. The van der Waals surface area contributed by atoms with Crippen LogP contribution in [0.3, 0.4) is 0 Å². The normalized spacial score (nSPS) is 40.4. The molecule has 0 radical (unpaired) electrons. The topological polar surface area (TPSA) is 75.0 Å². The fourth-order valence-electron chi connectivity index (χ4n) is 8.91. The molecule has 1 N–H and O–H groups in total. The zero-order chi connectivity index (χ0) is 23.6. The molecule has 0 aromatic heterocycles. The summed E-state index contributed by atoms with van der Waals surface area (Å²) in [5.41, 5.74) is 0.315. The standard InChI is InChI=1S/C27H36N2O4.H2S/c1-23(2,3)24(4,30)18-14-25-9-10-27(18,32-6)22-26(25)11-12-29(15-28)19(25)13-16-7-8-17(31-5)21(33-22)20(16)26;/h7-8,18-19,22,30H,9-14H2,1-6H3;1H2/t18-,19?,22?,24-,25-,26?,27-;/m1./s1. The lowest BCUT2D eigenvalue weighted by Gasteiger charge is -2.75. The average Bonchev–Trinajstić information content (AvgIpc) is 3.15. The summed E-state index contributed by atoms with van der Waals surface area (Å²) in [7, 11) is 3.50. The number of aliphatic hydroxyl groups is 1. The first kappa shape index (κ1) is 24.1. The molecule has 1 saturated heterocycles. The summed E-state index contributed by atoms with van der Waals surface area (Å²) in [6, 6.07) is 4.30. The van der Waals surface area contributed by atoms with Gasteiger partial charge in [0.2, 0.25) is 0 Å². The first-order valence-electron chi connectivity index (χ1n) is 12.3. The van der Waals surface area contributed by atoms with Crippen LogP contribution < -0.4 is 9.47 Å². The van der Waals surface area contributed by atoms with Crippen molar-refractivity contribution >= 4 is 13.5 Å². The Morgan fingerprint density at radius 1 is 1.18 bits per heavy atom. The number of piperidine rings is 1. The number of hydrogen-bond donors (Lipinski definition) is 1. The van der Waals surface area contributed by atoms with Crippen molar-refractivity contribution in [2.45, 2.75) is 88.6 Å². The molecule has 3 unspecified atom stereocenters. The van der Waals surface area contributed by atoms with E-state index < -0.39 is 11.2 Å². The maximum atomic E-state index is 12.1. The van der Waals surface area contributed by atoms with Crippen LogP contribution in [0.1, 0.15) is 64.5 Å². The van der Waals surface area contributed by atoms with Crippen molar-refractivity contribution in [1.29, 1.82) is 5.26 Å². The van der Waals surface area contributed by atoms with E-state index >= 15 is 0 Å². The van der Waals surface area contributed by atoms with E-state index in [1.54, 1.807) is 14.2 Å². The van der Waals surface area contributed by atoms with E-state index in [1.165, 1.54) is 11.1 Å². The van der Waals surface area contributed by atoms with E-state index in [2.05, 4.69) is 33.0 Å². The third-order valence-corrected chi connectivity index (χ3v) is 10.9. The molecule has 1 aromatic rings. The summed E-state index contributed by atoms with van der Waals surface area (Å²) in [6.45, 7) is 9.05. The van der Waals surface area contributed by atoms with Crippen molar-refractivity contribution < 1.29 is 19.3 Å². The lowest BCUT2D eigenvalue weighted by molar-refractivity contribution is -0.309. The Morgan fingerprint density at radius 3 is 2.53 bits per heavy atom. The fraction of sp³-hybridized carbons (Fsp3) is 0.741. The fourth-order valence-corrected chi connectivity index (χ4v) is 8.91. The van der Waals surface area contributed by atoms with Gasteiger partial charge in [0, 0.05) is 42.0 Å². The number of hydrogen-bond acceptors (Lipinski definition) is 6. The molecule has 7 heteroatoms. The Balaban J connectivity index is 0.00000241. The first-order chi connectivity index (χ1) is 15.5. The van der Waals surface area contributed by atoms with Crippen LogP contribution in [-0.2, 0) is 16.6 Å². The molecular weight excluding hydrogens is 448 g/mol. The van der Waals surface area contributed by atoms with E-state index in [0.717, 1.165) is 50.1 Å². The van der Waals surface area contributed by atoms with Crippen LogP contribution in [0.4, 0.5) is 0 Å². The van der Waals surface area contributed by atoms with Gasteiger partial charge >= 0.3 is 0 Å². The van der Waals surface area contributed by atoms with Gasteiger partial charge in [-0.15, -0.1) is 0 Å². The van der Waals surface area contributed by atoms with Gasteiger partial charge in [-0.25, -0.2) is 0 Å².